The highest BCUT2D eigenvalue weighted by molar-refractivity contribution is 8.18. The molecule has 2 aromatic rings. The summed E-state index contributed by atoms with van der Waals surface area (Å²) in [5, 5.41) is -0.379. The van der Waals surface area contributed by atoms with Gasteiger partial charge in [-0.2, -0.15) is 0 Å². The van der Waals surface area contributed by atoms with Gasteiger partial charge in [-0.3, -0.25) is 19.3 Å². The molecule has 7 heteroatoms. The van der Waals surface area contributed by atoms with Crippen LogP contribution in [-0.4, -0.2) is 51.1 Å². The topological polar surface area (TPSA) is 62.6 Å². The molecule has 0 aliphatic carbocycles. The van der Waals surface area contributed by atoms with E-state index in [1.165, 1.54) is 18.4 Å². The van der Waals surface area contributed by atoms with Crippen molar-refractivity contribution in [3.63, 3.8) is 0 Å². The zero-order valence-electron chi connectivity index (χ0n) is 19.6. The molecule has 0 bridgehead atoms. The number of aryl methyl sites for hydroxylation is 2. The van der Waals surface area contributed by atoms with Crippen molar-refractivity contribution < 1.29 is 14.4 Å². The molecule has 4 rings (SSSR count). The van der Waals surface area contributed by atoms with Crippen molar-refractivity contribution in [2.45, 2.75) is 52.9 Å². The van der Waals surface area contributed by atoms with Gasteiger partial charge in [0.05, 0.1) is 4.91 Å². The van der Waals surface area contributed by atoms with E-state index in [0.717, 1.165) is 58.6 Å². The largest absolute Gasteiger partial charge is 0.341 e. The first-order valence-corrected chi connectivity index (χ1v) is 12.5. The second-order valence-electron chi connectivity index (χ2n) is 8.79. The first-order valence-electron chi connectivity index (χ1n) is 11.7. The van der Waals surface area contributed by atoms with E-state index in [1.54, 1.807) is 11.0 Å². The van der Waals surface area contributed by atoms with Gasteiger partial charge >= 0.3 is 0 Å². The van der Waals surface area contributed by atoms with E-state index in [1.807, 2.05) is 19.9 Å². The van der Waals surface area contributed by atoms with Crippen molar-refractivity contribution in [3.05, 3.63) is 57.8 Å². The minimum absolute atomic E-state index is 0.156. The van der Waals surface area contributed by atoms with E-state index in [0.29, 0.717) is 18.0 Å². The second kappa shape index (κ2) is 10.00. The molecule has 2 aliphatic rings. The molecule has 3 amide bonds. The molecular weight excluding hydrogens is 434 g/mol. The Morgan fingerprint density at radius 3 is 2.45 bits per heavy atom. The minimum atomic E-state index is -0.386. The summed E-state index contributed by atoms with van der Waals surface area (Å²) < 4.78 is 2.16. The van der Waals surface area contributed by atoms with Crippen LogP contribution in [0.2, 0.25) is 0 Å². The number of hydrogen-bond acceptors (Lipinski definition) is 4. The van der Waals surface area contributed by atoms with E-state index in [9.17, 15) is 14.4 Å². The average molecular weight is 466 g/mol. The molecule has 0 spiro atoms. The quantitative estimate of drug-likeness (QED) is 0.534. The fourth-order valence-corrected chi connectivity index (χ4v) is 5.33. The third-order valence-corrected chi connectivity index (χ3v) is 7.30. The lowest BCUT2D eigenvalue weighted by Gasteiger charge is -2.18. The Labute approximate surface area is 199 Å². The maximum atomic E-state index is 12.9. The van der Waals surface area contributed by atoms with Gasteiger partial charge in [0.2, 0.25) is 5.91 Å². The summed E-state index contributed by atoms with van der Waals surface area (Å²) in [6.45, 7) is 7.49. The maximum absolute atomic E-state index is 12.9. The summed E-state index contributed by atoms with van der Waals surface area (Å²) in [4.78, 5) is 41.0. The van der Waals surface area contributed by atoms with Crippen LogP contribution in [0.4, 0.5) is 4.79 Å². The number of aromatic nitrogens is 1. The van der Waals surface area contributed by atoms with Crippen LogP contribution in [0.3, 0.4) is 0 Å². The van der Waals surface area contributed by atoms with E-state index in [2.05, 4.69) is 35.8 Å². The molecule has 2 aliphatic heterocycles. The van der Waals surface area contributed by atoms with Gasteiger partial charge in [-0.15, -0.1) is 0 Å². The smallest absolute Gasteiger partial charge is 0.294 e. The molecule has 2 fully saturated rings. The van der Waals surface area contributed by atoms with Crippen LogP contribution in [-0.2, 0) is 16.0 Å². The highest BCUT2D eigenvalue weighted by Crippen LogP contribution is 2.34. The first-order chi connectivity index (χ1) is 15.9. The lowest BCUT2D eigenvalue weighted by molar-refractivity contribution is -0.135. The number of carbonyl (C=O) groups excluding carboxylic acids is 3. The van der Waals surface area contributed by atoms with Crippen LogP contribution in [0.5, 0.6) is 0 Å². The molecule has 2 saturated heterocycles. The van der Waals surface area contributed by atoms with Crippen molar-refractivity contribution in [1.29, 1.82) is 0 Å². The molecule has 3 heterocycles. The highest BCUT2D eigenvalue weighted by Gasteiger charge is 2.37. The fraction of sp³-hybridized carbons (Fsp3) is 0.423. The number of rotatable bonds is 7. The summed E-state index contributed by atoms with van der Waals surface area (Å²) in [5.41, 5.74) is 5.38. The summed E-state index contributed by atoms with van der Waals surface area (Å²) in [5.74, 6) is -0.542. The lowest BCUT2D eigenvalue weighted by atomic mass is 10.1. The van der Waals surface area contributed by atoms with Crippen LogP contribution in [0.15, 0.2) is 35.2 Å². The molecule has 0 saturated carbocycles. The fourth-order valence-electron chi connectivity index (χ4n) is 4.50. The Morgan fingerprint density at radius 2 is 1.79 bits per heavy atom. The minimum Gasteiger partial charge on any atom is -0.341 e. The number of unbranched alkanes of at least 4 members (excludes halogenated alkanes) is 1. The maximum Gasteiger partial charge on any atom is 0.294 e. The Kier molecular flexibility index (Phi) is 7.08. The van der Waals surface area contributed by atoms with Gasteiger partial charge in [-0.05, 0) is 86.7 Å². The summed E-state index contributed by atoms with van der Waals surface area (Å²) in [7, 11) is 0. The van der Waals surface area contributed by atoms with Gasteiger partial charge in [0.25, 0.3) is 11.1 Å². The van der Waals surface area contributed by atoms with Gasteiger partial charge in [0, 0.05) is 30.2 Å². The Hall–Kier alpha value is -2.80. The molecule has 0 radical (unpaired) electrons. The molecule has 33 heavy (non-hydrogen) atoms. The third-order valence-electron chi connectivity index (χ3n) is 6.40. The number of nitrogens with zero attached hydrogens (tertiary/aromatic N) is 3. The molecule has 1 aromatic heterocycles. The number of imide groups is 1. The van der Waals surface area contributed by atoms with Crippen molar-refractivity contribution in [2.75, 3.05) is 19.6 Å². The number of benzene rings is 1. The molecule has 0 N–H and O–H groups in total. The van der Waals surface area contributed by atoms with Gasteiger partial charge in [-0.1, -0.05) is 25.5 Å². The van der Waals surface area contributed by atoms with Crippen molar-refractivity contribution in [2.24, 2.45) is 0 Å². The predicted octanol–water partition coefficient (Wildman–Crippen LogP) is 5.10. The van der Waals surface area contributed by atoms with Gasteiger partial charge < -0.3 is 9.47 Å². The normalized spacial score (nSPS) is 17.6. The van der Waals surface area contributed by atoms with Gasteiger partial charge in [0.1, 0.15) is 6.54 Å². The number of carbonyl (C=O) groups is 3. The summed E-state index contributed by atoms with van der Waals surface area (Å²) in [6, 6.07) is 10.6. The lowest BCUT2D eigenvalue weighted by Crippen LogP contribution is -2.40. The van der Waals surface area contributed by atoms with Crippen LogP contribution < -0.4 is 0 Å². The Bertz CT molecular complexity index is 1090. The summed E-state index contributed by atoms with van der Waals surface area (Å²) in [6.07, 6.45) is 7.18. The third kappa shape index (κ3) is 4.93. The van der Waals surface area contributed by atoms with Crippen LogP contribution >= 0.6 is 11.8 Å². The van der Waals surface area contributed by atoms with E-state index in [4.69, 9.17) is 0 Å². The number of hydrogen-bond donors (Lipinski definition) is 0. The van der Waals surface area contributed by atoms with Crippen LogP contribution in [0.1, 0.15) is 55.1 Å². The Balaban J connectivity index is 1.53. The molecular formula is C26H31N3O3S. The molecule has 0 atom stereocenters. The van der Waals surface area contributed by atoms with E-state index < -0.39 is 0 Å². The summed E-state index contributed by atoms with van der Waals surface area (Å²) >= 11 is 0.909. The number of likely N-dealkylation sites (tertiary alicyclic amines) is 1. The molecule has 1 aromatic carbocycles. The van der Waals surface area contributed by atoms with E-state index >= 15 is 0 Å². The average Bonchev–Trinajstić information content (AvgIpc) is 3.49. The first kappa shape index (κ1) is 23.4. The molecule has 0 unspecified atom stereocenters. The number of amides is 3. The number of thioether (sulfide) groups is 1. The second-order valence-corrected chi connectivity index (χ2v) is 9.78. The van der Waals surface area contributed by atoms with Gasteiger partial charge in [-0.25, -0.2) is 0 Å². The van der Waals surface area contributed by atoms with Crippen LogP contribution in [0, 0.1) is 13.8 Å². The van der Waals surface area contributed by atoms with Crippen LogP contribution in [0.25, 0.3) is 11.8 Å². The monoisotopic (exact) mass is 465 g/mol. The highest BCUT2D eigenvalue weighted by atomic mass is 32.2. The van der Waals surface area contributed by atoms with Gasteiger partial charge in [0.15, 0.2) is 0 Å². The Morgan fingerprint density at radius 1 is 1.09 bits per heavy atom. The predicted molar refractivity (Wildman–Crippen MR) is 132 cm³/mol. The standard InChI is InChI=1S/C26H31N3O3S/c1-4-5-8-20-9-11-22(12-10-20)29-18(2)15-21(19(29)3)16-23-25(31)28(26(32)33-23)17-24(30)27-13-6-7-14-27/h9-12,15-16H,4-8,13-14,17H2,1-3H3/b23-16+. The zero-order valence-corrected chi connectivity index (χ0v) is 20.4. The van der Waals surface area contributed by atoms with Crippen molar-refractivity contribution in [3.8, 4) is 5.69 Å². The molecule has 174 valence electrons. The SMILES string of the molecule is CCCCc1ccc(-n2c(C)cc(/C=C3/SC(=O)N(CC(=O)N4CCCC4)C3=O)c2C)cc1. The molecule has 6 nitrogen and oxygen atoms in total. The van der Waals surface area contributed by atoms with E-state index in [-0.39, 0.29) is 23.6 Å². The van der Waals surface area contributed by atoms with Crippen molar-refractivity contribution >= 4 is 34.9 Å². The van der Waals surface area contributed by atoms with Crippen molar-refractivity contribution in [1.82, 2.24) is 14.4 Å². The zero-order chi connectivity index (χ0) is 23.5.